The lowest BCUT2D eigenvalue weighted by atomic mass is 10.0. The van der Waals surface area contributed by atoms with Gasteiger partial charge in [-0.05, 0) is 25.3 Å². The van der Waals surface area contributed by atoms with Crippen LogP contribution in [0.25, 0.3) is 0 Å². The molecule has 0 aromatic heterocycles. The molecule has 0 saturated heterocycles. The lowest BCUT2D eigenvalue weighted by molar-refractivity contribution is 0.293. The topological polar surface area (TPSA) is 26.3 Å². The first-order valence-corrected chi connectivity index (χ1v) is 3.37. The molecule has 0 unspecified atom stereocenters. The maximum Gasteiger partial charge on any atom is 0.131 e. The Morgan fingerprint density at radius 2 is 2.50 bits per heavy atom. The summed E-state index contributed by atoms with van der Waals surface area (Å²) in [4.78, 5) is 10.2. The van der Waals surface area contributed by atoms with Crippen LogP contribution in [0, 0.1) is 0 Å². The number of hydrogen-bond acceptors (Lipinski definition) is 2. The molecule has 54 valence electrons. The van der Waals surface area contributed by atoms with E-state index in [9.17, 15) is 4.79 Å². The van der Waals surface area contributed by atoms with Crippen molar-refractivity contribution in [1.82, 2.24) is 0 Å². The summed E-state index contributed by atoms with van der Waals surface area (Å²) >= 11 is 0. The molecule has 0 N–H and O–H groups in total. The molecule has 1 aliphatic rings. The van der Waals surface area contributed by atoms with E-state index in [2.05, 4.69) is 0 Å². The molecular weight excluding hydrogens is 128 g/mol. The van der Waals surface area contributed by atoms with Gasteiger partial charge in [0.25, 0.3) is 0 Å². The van der Waals surface area contributed by atoms with Crippen LogP contribution < -0.4 is 0 Å². The Morgan fingerprint density at radius 1 is 1.70 bits per heavy atom. The highest BCUT2D eigenvalue weighted by Crippen LogP contribution is 2.21. The lowest BCUT2D eigenvalue weighted by Crippen LogP contribution is -1.98. The van der Waals surface area contributed by atoms with Gasteiger partial charge < -0.3 is 4.74 Å². The summed E-state index contributed by atoms with van der Waals surface area (Å²) in [6.45, 7) is 0. The Kier molecular flexibility index (Phi) is 2.30. The lowest BCUT2D eigenvalue weighted by Gasteiger charge is -2.11. The second kappa shape index (κ2) is 3.23. The molecular formula is C8H10O2. The van der Waals surface area contributed by atoms with E-state index in [0.717, 1.165) is 19.3 Å². The van der Waals surface area contributed by atoms with Crippen molar-refractivity contribution in [2.75, 3.05) is 7.11 Å². The van der Waals surface area contributed by atoms with Crippen molar-refractivity contribution >= 4 is 5.94 Å². The van der Waals surface area contributed by atoms with Crippen LogP contribution in [0.2, 0.25) is 0 Å². The molecule has 1 rings (SSSR count). The van der Waals surface area contributed by atoms with Crippen LogP contribution in [-0.2, 0) is 9.53 Å². The molecule has 0 spiro atoms. The standard InChI is InChI=1S/C8H10O2/c1-10-8-5-3-2-4-7(8)6-9/h5H,2-4H2,1H3. The second-order valence-corrected chi connectivity index (χ2v) is 2.25. The minimum atomic E-state index is 0.675. The summed E-state index contributed by atoms with van der Waals surface area (Å²) in [6, 6.07) is 0. The molecule has 0 radical (unpaired) electrons. The minimum Gasteiger partial charge on any atom is -0.496 e. The van der Waals surface area contributed by atoms with Gasteiger partial charge in [-0.15, -0.1) is 0 Å². The number of hydrogen-bond donors (Lipinski definition) is 0. The third-order valence-electron chi connectivity index (χ3n) is 1.60. The Morgan fingerprint density at radius 3 is 3.00 bits per heavy atom. The van der Waals surface area contributed by atoms with Crippen LogP contribution in [0.4, 0.5) is 0 Å². The van der Waals surface area contributed by atoms with Crippen LogP contribution in [0.15, 0.2) is 17.4 Å². The van der Waals surface area contributed by atoms with Gasteiger partial charge in [0.15, 0.2) is 0 Å². The summed E-state index contributed by atoms with van der Waals surface area (Å²) < 4.78 is 4.96. The summed E-state index contributed by atoms with van der Waals surface area (Å²) in [6.07, 6.45) is 4.79. The maximum atomic E-state index is 10.2. The van der Waals surface area contributed by atoms with Crippen LogP contribution in [0.3, 0.4) is 0 Å². The van der Waals surface area contributed by atoms with Crippen molar-refractivity contribution in [3.8, 4) is 0 Å². The van der Waals surface area contributed by atoms with Gasteiger partial charge in [-0.3, -0.25) is 0 Å². The molecule has 0 saturated carbocycles. The number of methoxy groups -OCH3 is 1. The molecule has 0 atom stereocenters. The van der Waals surface area contributed by atoms with Crippen LogP contribution in [0.5, 0.6) is 0 Å². The fourth-order valence-corrected chi connectivity index (χ4v) is 1.07. The summed E-state index contributed by atoms with van der Waals surface area (Å²) in [5, 5.41) is 0. The first kappa shape index (κ1) is 7.10. The van der Waals surface area contributed by atoms with E-state index in [1.165, 1.54) is 0 Å². The minimum absolute atomic E-state index is 0.675. The van der Waals surface area contributed by atoms with Gasteiger partial charge in [-0.2, -0.15) is 0 Å². The maximum absolute atomic E-state index is 10.2. The van der Waals surface area contributed by atoms with Gasteiger partial charge >= 0.3 is 0 Å². The predicted octanol–water partition coefficient (Wildman–Crippen LogP) is 1.46. The van der Waals surface area contributed by atoms with Crippen LogP contribution in [0.1, 0.15) is 19.3 Å². The van der Waals surface area contributed by atoms with E-state index < -0.39 is 0 Å². The Bertz CT molecular complexity index is 197. The zero-order valence-corrected chi connectivity index (χ0v) is 6.02. The van der Waals surface area contributed by atoms with E-state index in [1.54, 1.807) is 7.11 Å². The molecule has 10 heavy (non-hydrogen) atoms. The third kappa shape index (κ3) is 1.28. The average molecular weight is 138 g/mol. The van der Waals surface area contributed by atoms with Crippen molar-refractivity contribution in [2.24, 2.45) is 0 Å². The molecule has 2 heteroatoms. The molecule has 0 bridgehead atoms. The van der Waals surface area contributed by atoms with Crippen molar-refractivity contribution in [3.63, 3.8) is 0 Å². The second-order valence-electron chi connectivity index (χ2n) is 2.25. The Labute approximate surface area is 60.2 Å². The molecule has 0 aliphatic heterocycles. The first-order chi connectivity index (χ1) is 4.88. The van der Waals surface area contributed by atoms with Gasteiger partial charge in [0.1, 0.15) is 11.7 Å². The molecule has 0 heterocycles. The van der Waals surface area contributed by atoms with Crippen LogP contribution >= 0.6 is 0 Å². The highest BCUT2D eigenvalue weighted by molar-refractivity contribution is 5.59. The van der Waals surface area contributed by atoms with Crippen LogP contribution in [-0.4, -0.2) is 13.1 Å². The fraction of sp³-hybridized carbons (Fsp3) is 0.500. The summed E-state index contributed by atoms with van der Waals surface area (Å²) in [5.74, 6) is 2.59. The van der Waals surface area contributed by atoms with Gasteiger partial charge in [-0.25, -0.2) is 4.79 Å². The smallest absolute Gasteiger partial charge is 0.131 e. The Balaban J connectivity index is 2.82. The third-order valence-corrected chi connectivity index (χ3v) is 1.60. The molecule has 2 nitrogen and oxygen atoms in total. The number of rotatable bonds is 1. The van der Waals surface area contributed by atoms with Crippen molar-refractivity contribution in [2.45, 2.75) is 19.3 Å². The van der Waals surface area contributed by atoms with Gasteiger partial charge in [0, 0.05) is 0 Å². The molecule has 0 amide bonds. The normalized spacial score (nSPS) is 17.7. The zero-order valence-electron chi connectivity index (χ0n) is 6.02. The Hall–Kier alpha value is -1.01. The molecule has 0 aromatic carbocycles. The van der Waals surface area contributed by atoms with Gasteiger partial charge in [-0.1, -0.05) is 0 Å². The highest BCUT2D eigenvalue weighted by atomic mass is 16.5. The quantitative estimate of drug-likeness (QED) is 0.513. The molecule has 1 aliphatic carbocycles. The number of carbonyl (C=O) groups excluding carboxylic acids is 1. The van der Waals surface area contributed by atoms with E-state index in [0.29, 0.717) is 11.3 Å². The predicted molar refractivity (Wildman–Crippen MR) is 38.1 cm³/mol. The first-order valence-electron chi connectivity index (χ1n) is 3.37. The fourth-order valence-electron chi connectivity index (χ4n) is 1.07. The van der Waals surface area contributed by atoms with E-state index >= 15 is 0 Å². The monoisotopic (exact) mass is 138 g/mol. The SMILES string of the molecule is COC1=CCCCC1=C=O. The zero-order chi connectivity index (χ0) is 7.40. The largest absolute Gasteiger partial charge is 0.496 e. The highest BCUT2D eigenvalue weighted by Gasteiger charge is 2.10. The number of allylic oxidation sites excluding steroid dienone is 2. The van der Waals surface area contributed by atoms with Gasteiger partial charge in [0.05, 0.1) is 12.7 Å². The number of ether oxygens (including phenoxy) is 1. The molecule has 0 fully saturated rings. The van der Waals surface area contributed by atoms with Crippen molar-refractivity contribution in [1.29, 1.82) is 0 Å². The summed E-state index contributed by atoms with van der Waals surface area (Å²) in [7, 11) is 1.58. The van der Waals surface area contributed by atoms with Gasteiger partial charge in [0.2, 0.25) is 0 Å². The van der Waals surface area contributed by atoms with E-state index in [1.807, 2.05) is 12.0 Å². The van der Waals surface area contributed by atoms with E-state index in [-0.39, 0.29) is 0 Å². The summed E-state index contributed by atoms with van der Waals surface area (Å²) in [5.41, 5.74) is 0.675. The molecule has 0 aromatic rings. The van der Waals surface area contributed by atoms with Crippen molar-refractivity contribution in [3.05, 3.63) is 17.4 Å². The van der Waals surface area contributed by atoms with E-state index in [4.69, 9.17) is 4.74 Å². The average Bonchev–Trinajstić information content (AvgIpc) is 2.04. The van der Waals surface area contributed by atoms with Crippen molar-refractivity contribution < 1.29 is 9.53 Å².